The summed E-state index contributed by atoms with van der Waals surface area (Å²) in [7, 11) is 0. The summed E-state index contributed by atoms with van der Waals surface area (Å²) in [4.78, 5) is 31.5. The molecule has 2 aromatic carbocycles. The fourth-order valence-electron chi connectivity index (χ4n) is 8.97. The quantitative estimate of drug-likeness (QED) is 0.322. The number of nitrogens with one attached hydrogen (secondary N) is 1. The number of anilines is 1. The van der Waals surface area contributed by atoms with E-state index in [4.69, 9.17) is 19.4 Å². The van der Waals surface area contributed by atoms with Gasteiger partial charge in [-0.15, -0.1) is 0 Å². The lowest BCUT2D eigenvalue weighted by atomic mass is 9.94. The van der Waals surface area contributed by atoms with Crippen molar-refractivity contribution in [2.24, 2.45) is 11.8 Å². The maximum absolute atomic E-state index is 16.9. The van der Waals surface area contributed by atoms with E-state index in [1.807, 2.05) is 36.4 Å². The van der Waals surface area contributed by atoms with E-state index in [0.717, 1.165) is 35.7 Å². The Morgan fingerprint density at radius 1 is 1.15 bits per heavy atom. The van der Waals surface area contributed by atoms with E-state index in [1.54, 1.807) is 6.20 Å². The Morgan fingerprint density at radius 2 is 2.02 bits per heavy atom. The molecule has 0 radical (unpaired) electrons. The van der Waals surface area contributed by atoms with Crippen LogP contribution in [0.5, 0.6) is 6.01 Å². The number of aryl methyl sites for hydroxylation is 1. The van der Waals surface area contributed by atoms with Crippen molar-refractivity contribution in [3.05, 3.63) is 54.0 Å². The molecule has 1 amide bonds. The van der Waals surface area contributed by atoms with Crippen molar-refractivity contribution in [2.45, 2.75) is 56.3 Å². The van der Waals surface area contributed by atoms with Crippen LogP contribution < -0.4 is 15.0 Å². The van der Waals surface area contributed by atoms with Gasteiger partial charge >= 0.3 is 12.1 Å². The largest absolute Gasteiger partial charge is 0.461 e. The molecule has 9 nitrogen and oxygen atoms in total. The van der Waals surface area contributed by atoms with Gasteiger partial charge in [0.25, 0.3) is 0 Å². The molecular formula is C35H36F2N6O3. The Balaban J connectivity index is 1.20. The number of carbonyl (C=O) groups is 1. The van der Waals surface area contributed by atoms with Gasteiger partial charge in [0.05, 0.1) is 23.1 Å². The summed E-state index contributed by atoms with van der Waals surface area (Å²) in [6.07, 6.45) is 3.87. The van der Waals surface area contributed by atoms with Gasteiger partial charge in [0.1, 0.15) is 29.8 Å². The first-order valence-electron chi connectivity index (χ1n) is 16.4. The third kappa shape index (κ3) is 4.19. The van der Waals surface area contributed by atoms with E-state index in [9.17, 15) is 9.18 Å². The minimum absolute atomic E-state index is 0.0636. The van der Waals surface area contributed by atoms with E-state index in [0.29, 0.717) is 55.7 Å². The van der Waals surface area contributed by atoms with Gasteiger partial charge in [-0.3, -0.25) is 9.88 Å². The van der Waals surface area contributed by atoms with Crippen LogP contribution in [0.1, 0.15) is 38.2 Å². The lowest BCUT2D eigenvalue weighted by molar-refractivity contribution is 0.107. The number of fused-ring (bicyclic) bond motifs is 7. The second-order valence-corrected chi connectivity index (χ2v) is 13.9. The molecule has 1 N–H and O–H groups in total. The van der Waals surface area contributed by atoms with E-state index >= 15 is 4.39 Å². The molecule has 4 aromatic rings. The highest BCUT2D eigenvalue weighted by atomic mass is 19.1. The summed E-state index contributed by atoms with van der Waals surface area (Å²) < 4.78 is 43.4. The molecule has 4 fully saturated rings. The number of nitrogens with zero attached hydrogens (tertiary/aromatic N) is 5. The first-order valence-corrected chi connectivity index (χ1v) is 16.4. The van der Waals surface area contributed by atoms with E-state index in [-0.39, 0.29) is 42.3 Å². The van der Waals surface area contributed by atoms with Crippen LogP contribution in [0, 0.1) is 17.7 Å². The average Bonchev–Trinajstić information content (AvgIpc) is 3.44. The highest BCUT2D eigenvalue weighted by Crippen LogP contribution is 2.56. The minimum atomic E-state index is -0.890. The number of aromatic nitrogens is 3. The van der Waals surface area contributed by atoms with Crippen LogP contribution in [0.4, 0.5) is 19.4 Å². The van der Waals surface area contributed by atoms with Gasteiger partial charge in [-0.1, -0.05) is 43.3 Å². The molecule has 5 aliphatic heterocycles. The van der Waals surface area contributed by atoms with E-state index < -0.39 is 29.2 Å². The molecule has 7 heterocycles. The Kier molecular flexibility index (Phi) is 6.23. The van der Waals surface area contributed by atoms with E-state index in [2.05, 4.69) is 27.0 Å². The molecule has 1 aliphatic carbocycles. The lowest BCUT2D eigenvalue weighted by Gasteiger charge is -2.31. The third-order valence-corrected chi connectivity index (χ3v) is 11.4. The molecule has 11 heteroatoms. The van der Waals surface area contributed by atoms with Crippen molar-refractivity contribution in [3.63, 3.8) is 0 Å². The molecular weight excluding hydrogens is 590 g/mol. The van der Waals surface area contributed by atoms with Crippen LogP contribution in [-0.2, 0) is 11.2 Å². The third-order valence-electron chi connectivity index (χ3n) is 11.4. The summed E-state index contributed by atoms with van der Waals surface area (Å²) in [5, 5.41) is 5.54. The van der Waals surface area contributed by atoms with Crippen molar-refractivity contribution in [2.75, 3.05) is 44.3 Å². The van der Waals surface area contributed by atoms with E-state index in [1.165, 1.54) is 0 Å². The molecule has 5 atom stereocenters. The highest BCUT2D eigenvalue weighted by molar-refractivity contribution is 6.00. The van der Waals surface area contributed by atoms with Crippen molar-refractivity contribution < 1.29 is 23.0 Å². The summed E-state index contributed by atoms with van der Waals surface area (Å²) >= 11 is 0. The van der Waals surface area contributed by atoms with Crippen molar-refractivity contribution in [3.8, 4) is 17.3 Å². The molecule has 3 saturated heterocycles. The zero-order valence-corrected chi connectivity index (χ0v) is 25.8. The average molecular weight is 627 g/mol. The normalized spacial score (nSPS) is 30.4. The van der Waals surface area contributed by atoms with Crippen LogP contribution in [0.25, 0.3) is 32.9 Å². The molecule has 1 unspecified atom stereocenters. The molecule has 1 spiro atoms. The summed E-state index contributed by atoms with van der Waals surface area (Å²) in [5.74, 6) is 0.442. The van der Waals surface area contributed by atoms with Gasteiger partial charge in [0.15, 0.2) is 5.82 Å². The van der Waals surface area contributed by atoms with Crippen LogP contribution in [0.15, 0.2) is 42.6 Å². The predicted molar refractivity (Wildman–Crippen MR) is 169 cm³/mol. The number of halogens is 2. The Morgan fingerprint density at radius 3 is 2.91 bits per heavy atom. The van der Waals surface area contributed by atoms with Gasteiger partial charge in [0, 0.05) is 43.7 Å². The summed E-state index contributed by atoms with van der Waals surface area (Å²) in [6, 6.07) is 11.9. The Bertz CT molecular complexity index is 1900. The lowest BCUT2D eigenvalue weighted by Crippen LogP contribution is -2.44. The van der Waals surface area contributed by atoms with Gasteiger partial charge in [-0.25, -0.2) is 13.6 Å². The molecule has 6 bridgehead atoms. The summed E-state index contributed by atoms with van der Waals surface area (Å²) in [5.41, 5.74) is 1.19. The van der Waals surface area contributed by atoms with Gasteiger partial charge in [-0.05, 0) is 54.5 Å². The molecule has 1 saturated carbocycles. The number of hydrogen-bond acceptors (Lipinski definition) is 8. The van der Waals surface area contributed by atoms with Crippen LogP contribution in [0.3, 0.4) is 0 Å². The molecule has 2 aromatic heterocycles. The predicted octanol–water partition coefficient (Wildman–Crippen LogP) is 5.44. The first-order chi connectivity index (χ1) is 22.3. The first kappa shape index (κ1) is 28.1. The fourth-order valence-corrected chi connectivity index (χ4v) is 8.97. The number of hydrogen-bond donors (Lipinski definition) is 1. The highest BCUT2D eigenvalue weighted by Gasteiger charge is 2.68. The second kappa shape index (κ2) is 10.2. The van der Waals surface area contributed by atoms with Crippen LogP contribution in [-0.4, -0.2) is 82.6 Å². The summed E-state index contributed by atoms with van der Waals surface area (Å²) in [6.45, 7) is 5.03. The van der Waals surface area contributed by atoms with Gasteiger partial charge < -0.3 is 19.7 Å². The second-order valence-electron chi connectivity index (χ2n) is 13.9. The standard InChI is InChI=1S/C35H36F2N6O3/c1-20-26-17-42-18-35(20,26)41-33(44)45-13-4-9-22-7-2-6-21-8-3-10-24(27(21)22)29-28(37)30-25(15-38-29)31(42)40-32(39-30)46-19-34-11-5-12-43(34)16-23(36)14-34/h2-3,6-8,10,15,20,23,26H,4-5,9,11-14,16-19H2,1H3,(H,41,44)/t20?,23-,26-,34+,35-/m1/s1. The van der Waals surface area contributed by atoms with Crippen LogP contribution in [0.2, 0.25) is 0 Å². The molecule has 238 valence electrons. The fraction of sp³-hybridized carbons (Fsp3) is 0.486. The molecule has 10 rings (SSSR count). The number of pyridine rings is 1. The number of alkyl carbamates (subject to hydrolysis) is 1. The number of rotatable bonds is 3. The van der Waals surface area contributed by atoms with Crippen molar-refractivity contribution >= 4 is 33.6 Å². The zero-order chi connectivity index (χ0) is 31.2. The molecule has 6 aliphatic rings. The number of piperidine rings is 1. The van der Waals surface area contributed by atoms with Crippen LogP contribution >= 0.6 is 0 Å². The minimum Gasteiger partial charge on any atom is -0.461 e. The zero-order valence-electron chi connectivity index (χ0n) is 25.8. The monoisotopic (exact) mass is 626 g/mol. The number of carbonyl (C=O) groups excluding carboxylic acids is 1. The Labute approximate surface area is 265 Å². The maximum atomic E-state index is 16.9. The Hall–Kier alpha value is -4.12. The number of benzene rings is 2. The smallest absolute Gasteiger partial charge is 0.407 e. The number of ether oxygens (including phenoxy) is 2. The SMILES string of the molecule is CC1[C@H]2CN3C[C@@]12NC(=O)OCCCc1cccc2cccc(c12)-c1ncc2c3nc(OC[C@@]34CCCN3C[C@H](F)C4)nc2c1F. The van der Waals surface area contributed by atoms with Gasteiger partial charge in [0.2, 0.25) is 0 Å². The van der Waals surface area contributed by atoms with Crippen molar-refractivity contribution in [1.82, 2.24) is 25.2 Å². The number of amides is 1. The molecule has 46 heavy (non-hydrogen) atoms. The topological polar surface area (TPSA) is 92.7 Å². The number of alkyl halides is 1. The van der Waals surface area contributed by atoms with Gasteiger partial charge in [-0.2, -0.15) is 9.97 Å². The maximum Gasteiger partial charge on any atom is 0.407 e. The van der Waals surface area contributed by atoms with Crippen molar-refractivity contribution in [1.29, 1.82) is 0 Å².